The van der Waals surface area contributed by atoms with Crippen LogP contribution in [0.2, 0.25) is 0 Å². The fourth-order valence-corrected chi connectivity index (χ4v) is 3.14. The number of hydrogen-bond donors (Lipinski definition) is 1. The second-order valence-electron chi connectivity index (χ2n) is 7.02. The lowest BCUT2D eigenvalue weighted by atomic mass is 10.1. The first-order valence-electron chi connectivity index (χ1n) is 9.12. The fourth-order valence-electron chi connectivity index (χ4n) is 3.00. The molecule has 1 saturated carbocycles. The lowest BCUT2D eigenvalue weighted by Gasteiger charge is -2.12. The molecule has 1 heterocycles. The van der Waals surface area contributed by atoms with Crippen molar-refractivity contribution in [3.8, 4) is 5.75 Å². The second-order valence-corrected chi connectivity index (χ2v) is 7.29. The molecular formula is C22H22Cl2N2O2. The molecule has 146 valence electrons. The fraction of sp³-hybridized carbons (Fsp3) is 0.273. The average Bonchev–Trinajstić information content (AvgIpc) is 3.53. The van der Waals surface area contributed by atoms with Crippen molar-refractivity contribution in [3.05, 3.63) is 65.4 Å². The van der Waals surface area contributed by atoms with E-state index in [9.17, 15) is 4.79 Å². The van der Waals surface area contributed by atoms with Gasteiger partial charge in [-0.2, -0.15) is 0 Å². The molecular weight excluding hydrogens is 395 g/mol. The van der Waals surface area contributed by atoms with Gasteiger partial charge in [0.2, 0.25) is 0 Å². The third kappa shape index (κ3) is 4.57. The van der Waals surface area contributed by atoms with Gasteiger partial charge >= 0.3 is 0 Å². The van der Waals surface area contributed by atoms with Gasteiger partial charge in [0.25, 0.3) is 5.91 Å². The Morgan fingerprint density at radius 2 is 1.96 bits per heavy atom. The highest BCUT2D eigenvalue weighted by Gasteiger charge is 2.21. The van der Waals surface area contributed by atoms with Gasteiger partial charge in [0, 0.05) is 28.7 Å². The predicted molar refractivity (Wildman–Crippen MR) is 116 cm³/mol. The van der Waals surface area contributed by atoms with Crippen molar-refractivity contribution in [2.24, 2.45) is 5.92 Å². The van der Waals surface area contributed by atoms with Crippen molar-refractivity contribution in [3.63, 3.8) is 0 Å². The minimum Gasteiger partial charge on any atom is -0.493 e. The summed E-state index contributed by atoms with van der Waals surface area (Å²) < 4.78 is 5.72. The highest BCUT2D eigenvalue weighted by atomic mass is 35.5. The van der Waals surface area contributed by atoms with Crippen LogP contribution in [0.5, 0.6) is 5.75 Å². The molecule has 1 fully saturated rings. The van der Waals surface area contributed by atoms with Crippen molar-refractivity contribution in [1.82, 2.24) is 4.98 Å². The van der Waals surface area contributed by atoms with Crippen LogP contribution < -0.4 is 10.1 Å². The summed E-state index contributed by atoms with van der Waals surface area (Å²) in [6, 6.07) is 13.2. The molecule has 1 aromatic heterocycles. The van der Waals surface area contributed by atoms with Gasteiger partial charge in [-0.1, -0.05) is 6.07 Å². The molecule has 4 rings (SSSR count). The number of halogens is 2. The molecule has 3 aromatic rings. The van der Waals surface area contributed by atoms with Gasteiger partial charge in [0.15, 0.2) is 0 Å². The van der Waals surface area contributed by atoms with Crippen LogP contribution in [-0.2, 0) is 5.88 Å². The Kier molecular flexibility index (Phi) is 6.42. The van der Waals surface area contributed by atoms with Crippen LogP contribution in [0.1, 0.15) is 34.3 Å². The van der Waals surface area contributed by atoms with E-state index >= 15 is 0 Å². The number of benzene rings is 2. The molecule has 1 aliphatic carbocycles. The van der Waals surface area contributed by atoms with Crippen LogP contribution in [-0.4, -0.2) is 17.5 Å². The van der Waals surface area contributed by atoms with E-state index in [1.807, 2.05) is 37.3 Å². The molecule has 2 aromatic carbocycles. The van der Waals surface area contributed by atoms with E-state index in [1.54, 1.807) is 18.3 Å². The minimum atomic E-state index is -0.149. The van der Waals surface area contributed by atoms with Gasteiger partial charge in [0.1, 0.15) is 5.75 Å². The maximum atomic E-state index is 12.6. The number of aryl methyl sites for hydroxylation is 1. The molecule has 0 bridgehead atoms. The monoisotopic (exact) mass is 416 g/mol. The molecule has 6 heteroatoms. The molecule has 0 atom stereocenters. The first kappa shape index (κ1) is 20.4. The largest absolute Gasteiger partial charge is 0.493 e. The number of nitrogens with one attached hydrogen (secondary N) is 1. The Hall–Kier alpha value is -2.30. The number of amides is 1. The van der Waals surface area contributed by atoms with Crippen LogP contribution in [0.3, 0.4) is 0 Å². The number of anilines is 1. The Balaban J connectivity index is 0.00000225. The first-order chi connectivity index (χ1) is 13.1. The molecule has 1 amide bonds. The summed E-state index contributed by atoms with van der Waals surface area (Å²) in [5, 5.41) is 4.00. The molecule has 0 spiro atoms. The van der Waals surface area contributed by atoms with Crippen LogP contribution in [0.25, 0.3) is 10.9 Å². The number of carbonyl (C=O) groups excluding carboxylic acids is 1. The van der Waals surface area contributed by atoms with Crippen LogP contribution in [0, 0.1) is 12.8 Å². The van der Waals surface area contributed by atoms with Crippen LogP contribution >= 0.6 is 24.0 Å². The summed E-state index contributed by atoms with van der Waals surface area (Å²) in [7, 11) is 0. The molecule has 0 aliphatic heterocycles. The maximum absolute atomic E-state index is 12.6. The number of hydrogen-bond acceptors (Lipinski definition) is 3. The van der Waals surface area contributed by atoms with Gasteiger partial charge in [-0.05, 0) is 73.2 Å². The predicted octanol–water partition coefficient (Wildman–Crippen LogP) is 5.74. The van der Waals surface area contributed by atoms with Crippen LogP contribution in [0.15, 0.2) is 48.7 Å². The molecule has 28 heavy (non-hydrogen) atoms. The Bertz CT molecular complexity index is 986. The van der Waals surface area contributed by atoms with Gasteiger partial charge < -0.3 is 10.1 Å². The molecule has 1 N–H and O–H groups in total. The SMILES string of the molecule is Cc1c(NC(=O)c2ccc(OCC3CC3)cc2)ccc2cc(CCl)cnc12.Cl. The summed E-state index contributed by atoms with van der Waals surface area (Å²) in [6.45, 7) is 2.72. The smallest absolute Gasteiger partial charge is 0.255 e. The zero-order valence-electron chi connectivity index (χ0n) is 15.6. The van der Waals surface area contributed by atoms with Crippen LogP contribution in [0.4, 0.5) is 5.69 Å². The molecule has 1 aliphatic rings. The van der Waals surface area contributed by atoms with E-state index in [0.29, 0.717) is 17.4 Å². The number of rotatable bonds is 6. The topological polar surface area (TPSA) is 51.2 Å². The third-order valence-corrected chi connectivity index (χ3v) is 5.17. The van der Waals surface area contributed by atoms with Crippen molar-refractivity contribution in [2.75, 3.05) is 11.9 Å². The van der Waals surface area contributed by atoms with Crippen molar-refractivity contribution >= 4 is 46.5 Å². The summed E-state index contributed by atoms with van der Waals surface area (Å²) in [6.07, 6.45) is 4.29. The van der Waals surface area contributed by atoms with Gasteiger partial charge in [-0.25, -0.2) is 0 Å². The third-order valence-electron chi connectivity index (χ3n) is 4.86. The summed E-state index contributed by atoms with van der Waals surface area (Å²) in [4.78, 5) is 17.1. The van der Waals surface area contributed by atoms with E-state index < -0.39 is 0 Å². The van der Waals surface area contributed by atoms with E-state index in [2.05, 4.69) is 10.3 Å². The molecule has 4 nitrogen and oxygen atoms in total. The minimum absolute atomic E-state index is 0. The average molecular weight is 417 g/mol. The van der Waals surface area contributed by atoms with Gasteiger partial charge in [-0.3, -0.25) is 9.78 Å². The number of nitrogens with zero attached hydrogens (tertiary/aromatic N) is 1. The Morgan fingerprint density at radius 1 is 1.21 bits per heavy atom. The summed E-state index contributed by atoms with van der Waals surface area (Å²) in [5.74, 6) is 1.79. The lowest BCUT2D eigenvalue weighted by Crippen LogP contribution is -2.13. The number of aromatic nitrogens is 1. The van der Waals surface area contributed by atoms with E-state index in [1.165, 1.54) is 12.8 Å². The highest BCUT2D eigenvalue weighted by Crippen LogP contribution is 2.30. The van der Waals surface area contributed by atoms with E-state index in [0.717, 1.165) is 40.1 Å². The molecule has 0 unspecified atom stereocenters. The quantitative estimate of drug-likeness (QED) is 0.520. The van der Waals surface area contributed by atoms with Gasteiger partial charge in [-0.15, -0.1) is 24.0 Å². The zero-order chi connectivity index (χ0) is 18.8. The highest BCUT2D eigenvalue weighted by molar-refractivity contribution is 6.17. The van der Waals surface area contributed by atoms with E-state index in [4.69, 9.17) is 16.3 Å². The number of alkyl halides is 1. The number of carbonyl (C=O) groups is 1. The summed E-state index contributed by atoms with van der Waals surface area (Å²) >= 11 is 5.88. The number of fused-ring (bicyclic) bond motifs is 1. The van der Waals surface area contributed by atoms with Crippen molar-refractivity contribution < 1.29 is 9.53 Å². The number of pyridine rings is 1. The summed E-state index contributed by atoms with van der Waals surface area (Å²) in [5.41, 5.74) is 4.13. The Morgan fingerprint density at radius 3 is 2.64 bits per heavy atom. The lowest BCUT2D eigenvalue weighted by molar-refractivity contribution is 0.102. The Labute approximate surface area is 175 Å². The van der Waals surface area contributed by atoms with E-state index in [-0.39, 0.29) is 18.3 Å². The van der Waals surface area contributed by atoms with Gasteiger partial charge in [0.05, 0.1) is 12.1 Å². The normalized spacial score (nSPS) is 13.1. The maximum Gasteiger partial charge on any atom is 0.255 e. The number of ether oxygens (including phenoxy) is 1. The molecule has 0 radical (unpaired) electrons. The standard InChI is InChI=1S/C22H21ClN2O2.ClH/c1-14-20(9-6-18-10-16(11-23)12-24-21(14)18)25-22(26)17-4-7-19(8-5-17)27-13-15-2-3-15;/h4-10,12,15H,2-3,11,13H2,1H3,(H,25,26);1H. The second kappa shape index (κ2) is 8.80. The first-order valence-corrected chi connectivity index (χ1v) is 9.66. The zero-order valence-corrected chi connectivity index (χ0v) is 17.1. The molecule has 0 saturated heterocycles. The van der Waals surface area contributed by atoms with Crippen molar-refractivity contribution in [1.29, 1.82) is 0 Å². The van der Waals surface area contributed by atoms with Crippen molar-refractivity contribution in [2.45, 2.75) is 25.6 Å².